The van der Waals surface area contributed by atoms with Gasteiger partial charge >= 0.3 is 12.0 Å². The predicted molar refractivity (Wildman–Crippen MR) is 80.0 cm³/mol. The van der Waals surface area contributed by atoms with Crippen LogP contribution < -0.4 is 10.6 Å². The van der Waals surface area contributed by atoms with Crippen LogP contribution in [-0.2, 0) is 9.59 Å². The molecule has 0 aliphatic heterocycles. The van der Waals surface area contributed by atoms with E-state index in [1.54, 1.807) is 6.92 Å². The van der Waals surface area contributed by atoms with E-state index in [2.05, 4.69) is 10.6 Å². The molecule has 21 heavy (non-hydrogen) atoms. The molecule has 0 saturated heterocycles. The van der Waals surface area contributed by atoms with Crippen LogP contribution in [0.25, 0.3) is 0 Å². The van der Waals surface area contributed by atoms with Gasteiger partial charge in [-0.1, -0.05) is 0 Å². The highest BCUT2D eigenvalue weighted by atomic mass is 16.4. The molecule has 7 nitrogen and oxygen atoms in total. The van der Waals surface area contributed by atoms with Crippen LogP contribution in [-0.4, -0.2) is 52.1 Å². The third kappa shape index (κ3) is 7.53. The van der Waals surface area contributed by atoms with Crippen molar-refractivity contribution in [3.63, 3.8) is 0 Å². The lowest BCUT2D eigenvalue weighted by Crippen LogP contribution is -2.55. The molecule has 0 spiro atoms. The predicted octanol–water partition coefficient (Wildman–Crippen LogP) is 1.18. The zero-order valence-corrected chi connectivity index (χ0v) is 13.7. The van der Waals surface area contributed by atoms with Gasteiger partial charge in [0, 0.05) is 18.1 Å². The number of aliphatic carboxylic acids is 1. The van der Waals surface area contributed by atoms with Gasteiger partial charge in [-0.05, 0) is 41.5 Å². The Balaban J connectivity index is 4.74. The summed E-state index contributed by atoms with van der Waals surface area (Å²) in [6, 6.07) is -1.15. The first kappa shape index (κ1) is 19.2. The summed E-state index contributed by atoms with van der Waals surface area (Å²) >= 11 is 0. The minimum Gasteiger partial charge on any atom is -0.481 e. The highest BCUT2D eigenvalue weighted by Gasteiger charge is 2.28. The van der Waals surface area contributed by atoms with Gasteiger partial charge in [0.2, 0.25) is 5.91 Å². The Bertz CT molecular complexity index is 388. The lowest BCUT2D eigenvalue weighted by atomic mass is 10.1. The van der Waals surface area contributed by atoms with Crippen LogP contribution in [0.2, 0.25) is 0 Å². The van der Waals surface area contributed by atoms with E-state index in [-0.39, 0.29) is 24.9 Å². The molecule has 0 saturated carbocycles. The quantitative estimate of drug-likeness (QED) is 0.686. The second-order valence-electron chi connectivity index (χ2n) is 6.30. The number of amides is 3. The SMILES string of the molecule is CC(C)NC(=O)C(C)NC(=O)N(CCC(=O)O)C(C)(C)C. The Hall–Kier alpha value is -1.79. The molecular formula is C14H27N3O4. The molecule has 0 fully saturated rings. The molecule has 0 aliphatic carbocycles. The lowest BCUT2D eigenvalue weighted by Gasteiger charge is -2.36. The fourth-order valence-electron chi connectivity index (χ4n) is 1.69. The summed E-state index contributed by atoms with van der Waals surface area (Å²) in [5, 5.41) is 14.1. The number of nitrogens with zero attached hydrogens (tertiary/aromatic N) is 1. The van der Waals surface area contributed by atoms with Crippen molar-refractivity contribution < 1.29 is 19.5 Å². The highest BCUT2D eigenvalue weighted by molar-refractivity contribution is 5.87. The van der Waals surface area contributed by atoms with Crippen molar-refractivity contribution in [2.24, 2.45) is 0 Å². The van der Waals surface area contributed by atoms with Crippen molar-refractivity contribution in [3.05, 3.63) is 0 Å². The summed E-state index contributed by atoms with van der Waals surface area (Å²) in [7, 11) is 0. The second kappa shape index (κ2) is 7.85. The van der Waals surface area contributed by atoms with Gasteiger partial charge in [-0.25, -0.2) is 4.79 Å². The number of carboxylic acid groups (broad SMARTS) is 1. The average Bonchev–Trinajstić information content (AvgIpc) is 2.25. The molecule has 122 valence electrons. The van der Waals surface area contributed by atoms with E-state index in [0.29, 0.717) is 0 Å². The van der Waals surface area contributed by atoms with Crippen molar-refractivity contribution in [1.82, 2.24) is 15.5 Å². The maximum Gasteiger partial charge on any atom is 0.318 e. The first-order chi connectivity index (χ1) is 9.45. The normalized spacial score (nSPS) is 12.7. The maximum atomic E-state index is 12.2. The standard InChI is InChI=1S/C14H27N3O4/c1-9(2)15-12(20)10(3)16-13(21)17(14(4,5)6)8-7-11(18)19/h9-10H,7-8H2,1-6H3,(H,15,20)(H,16,21)(H,18,19). The van der Waals surface area contributed by atoms with Gasteiger partial charge in [-0.15, -0.1) is 0 Å². The molecule has 0 aromatic carbocycles. The van der Waals surface area contributed by atoms with Crippen LogP contribution in [0.3, 0.4) is 0 Å². The number of carbonyl (C=O) groups excluding carboxylic acids is 2. The summed E-state index contributed by atoms with van der Waals surface area (Å²) in [5.74, 6) is -1.24. The average molecular weight is 301 g/mol. The third-order valence-electron chi connectivity index (χ3n) is 2.77. The van der Waals surface area contributed by atoms with Crippen molar-refractivity contribution in [1.29, 1.82) is 0 Å². The minimum absolute atomic E-state index is 0.0115. The molecule has 0 radical (unpaired) electrons. The van der Waals surface area contributed by atoms with Crippen LogP contribution in [0.1, 0.15) is 48.0 Å². The van der Waals surface area contributed by atoms with E-state index < -0.39 is 23.6 Å². The summed E-state index contributed by atoms with van der Waals surface area (Å²) in [6.07, 6.45) is -0.142. The third-order valence-corrected chi connectivity index (χ3v) is 2.77. The van der Waals surface area contributed by atoms with E-state index in [1.165, 1.54) is 4.90 Å². The second-order valence-corrected chi connectivity index (χ2v) is 6.30. The minimum atomic E-state index is -0.970. The van der Waals surface area contributed by atoms with Crippen LogP contribution in [0.4, 0.5) is 4.79 Å². The summed E-state index contributed by atoms with van der Waals surface area (Å²) in [6.45, 7) is 10.8. The summed E-state index contributed by atoms with van der Waals surface area (Å²) in [5.41, 5.74) is -0.534. The molecule has 0 aromatic heterocycles. The number of hydrogen-bond donors (Lipinski definition) is 3. The Kier molecular flexibility index (Phi) is 7.18. The van der Waals surface area contributed by atoms with Crippen LogP contribution in [0.5, 0.6) is 0 Å². The molecule has 0 aliphatic rings. The summed E-state index contributed by atoms with van der Waals surface area (Å²) < 4.78 is 0. The van der Waals surface area contributed by atoms with Gasteiger partial charge in [-0.2, -0.15) is 0 Å². The Morgan fingerprint density at radius 2 is 1.62 bits per heavy atom. The van der Waals surface area contributed by atoms with E-state index >= 15 is 0 Å². The number of hydrogen-bond acceptors (Lipinski definition) is 3. The van der Waals surface area contributed by atoms with Crippen LogP contribution in [0.15, 0.2) is 0 Å². The maximum absolute atomic E-state index is 12.2. The van der Waals surface area contributed by atoms with Crippen molar-refractivity contribution in [3.8, 4) is 0 Å². The Morgan fingerprint density at radius 1 is 1.10 bits per heavy atom. The molecular weight excluding hydrogens is 274 g/mol. The fraction of sp³-hybridized carbons (Fsp3) is 0.786. The van der Waals surface area contributed by atoms with Gasteiger partial charge in [0.25, 0.3) is 0 Å². The number of urea groups is 1. The summed E-state index contributed by atoms with van der Waals surface area (Å²) in [4.78, 5) is 36.1. The highest BCUT2D eigenvalue weighted by Crippen LogP contribution is 2.14. The van der Waals surface area contributed by atoms with Gasteiger partial charge in [-0.3, -0.25) is 9.59 Å². The smallest absolute Gasteiger partial charge is 0.318 e. The topological polar surface area (TPSA) is 98.7 Å². The molecule has 3 N–H and O–H groups in total. The Morgan fingerprint density at radius 3 is 2.00 bits per heavy atom. The lowest BCUT2D eigenvalue weighted by molar-refractivity contribution is -0.137. The van der Waals surface area contributed by atoms with Gasteiger partial charge in [0.15, 0.2) is 0 Å². The van der Waals surface area contributed by atoms with Crippen LogP contribution in [0, 0.1) is 0 Å². The van der Waals surface area contributed by atoms with Crippen molar-refractivity contribution in [2.45, 2.75) is 65.6 Å². The number of rotatable bonds is 6. The number of carbonyl (C=O) groups is 3. The molecule has 1 unspecified atom stereocenters. The molecule has 3 amide bonds. The molecule has 0 aromatic rings. The van der Waals surface area contributed by atoms with Crippen molar-refractivity contribution in [2.75, 3.05) is 6.54 Å². The van der Waals surface area contributed by atoms with E-state index in [4.69, 9.17) is 5.11 Å². The molecule has 0 heterocycles. The monoisotopic (exact) mass is 301 g/mol. The van der Waals surface area contributed by atoms with Gasteiger partial charge in [0.1, 0.15) is 6.04 Å². The van der Waals surface area contributed by atoms with Crippen LogP contribution >= 0.6 is 0 Å². The largest absolute Gasteiger partial charge is 0.481 e. The first-order valence-corrected chi connectivity index (χ1v) is 7.05. The number of carboxylic acids is 1. The number of nitrogens with one attached hydrogen (secondary N) is 2. The van der Waals surface area contributed by atoms with Crippen molar-refractivity contribution >= 4 is 17.9 Å². The molecule has 7 heteroatoms. The fourth-order valence-corrected chi connectivity index (χ4v) is 1.69. The molecule has 0 bridgehead atoms. The van der Waals surface area contributed by atoms with E-state index in [0.717, 1.165) is 0 Å². The van der Waals surface area contributed by atoms with E-state index in [1.807, 2.05) is 34.6 Å². The Labute approximate surface area is 126 Å². The zero-order valence-electron chi connectivity index (χ0n) is 13.7. The molecule has 1 atom stereocenters. The first-order valence-electron chi connectivity index (χ1n) is 7.05. The van der Waals surface area contributed by atoms with Gasteiger partial charge < -0.3 is 20.6 Å². The zero-order chi connectivity index (χ0) is 16.8. The van der Waals surface area contributed by atoms with E-state index in [9.17, 15) is 14.4 Å². The molecule has 0 rings (SSSR count). The van der Waals surface area contributed by atoms with Gasteiger partial charge in [0.05, 0.1) is 6.42 Å².